The highest BCUT2D eigenvalue weighted by Crippen LogP contribution is 2.46. The molecule has 2 aromatic heterocycles. The maximum atomic E-state index is 14.7. The Morgan fingerprint density at radius 1 is 0.974 bits per heavy atom. The molecule has 1 fully saturated rings. The van der Waals surface area contributed by atoms with Crippen LogP contribution in [-0.4, -0.2) is 74.8 Å². The van der Waals surface area contributed by atoms with Crippen LogP contribution in [0.25, 0.3) is 43.6 Å². The normalized spacial score (nSPS) is 25.3. The average molecular weight is 537 g/mol. The number of rotatable bonds is 3. The van der Waals surface area contributed by atoms with Crippen LogP contribution < -0.4 is 5.32 Å². The first kappa shape index (κ1) is 24.1. The molecule has 0 aliphatic carbocycles. The van der Waals surface area contributed by atoms with Gasteiger partial charge in [-0.15, -0.1) is 0 Å². The lowest BCUT2D eigenvalue weighted by Gasteiger charge is -2.42. The number of imide groups is 1. The predicted octanol–water partition coefficient (Wildman–Crippen LogP) is 2.22. The molecule has 2 aliphatic heterocycles. The number of aliphatic hydroxyl groups is 3. The van der Waals surface area contributed by atoms with E-state index in [1.807, 2.05) is 0 Å². The highest BCUT2D eigenvalue weighted by atomic mass is 19.1. The zero-order valence-corrected chi connectivity index (χ0v) is 20.2. The molecule has 5 atom stereocenters. The average Bonchev–Trinajstić information content (AvgIpc) is 3.53. The van der Waals surface area contributed by atoms with E-state index in [-0.39, 0.29) is 27.5 Å². The number of carbonyl (C=O) groups excluding carboxylic acids is 2. The summed E-state index contributed by atoms with van der Waals surface area (Å²) in [7, 11) is 1.30. The second kappa shape index (κ2) is 8.28. The Morgan fingerprint density at radius 2 is 1.64 bits per heavy atom. The number of fused-ring (bicyclic) bond motifs is 10. The fourth-order valence-electron chi connectivity index (χ4n) is 6.16. The van der Waals surface area contributed by atoms with E-state index in [1.165, 1.54) is 48.1 Å². The van der Waals surface area contributed by atoms with Crippen LogP contribution in [0.4, 0.5) is 8.78 Å². The standard InChI is InChI=1S/C27H21F2N3O7/c1-38-24-15(8-33)39-27(23(35)22(24)34)32-14-7-10(29)3-5-12(14)17-19-18(25(36)31-26(19)37)16-11-4-2-9(28)6-13(11)30-20(16)21(17)32/h2-7,15,22-24,27,30,33-35H,8H2,1H3,(H,31,36,37). The van der Waals surface area contributed by atoms with Crippen molar-refractivity contribution in [3.8, 4) is 0 Å². The van der Waals surface area contributed by atoms with Crippen LogP contribution in [0.15, 0.2) is 36.4 Å². The van der Waals surface area contributed by atoms with Crippen LogP contribution in [0.5, 0.6) is 0 Å². The van der Waals surface area contributed by atoms with E-state index < -0.39 is 60.7 Å². The first-order valence-electron chi connectivity index (χ1n) is 12.2. The summed E-state index contributed by atoms with van der Waals surface area (Å²) in [4.78, 5) is 29.4. The third-order valence-corrected chi connectivity index (χ3v) is 7.76. The van der Waals surface area contributed by atoms with Gasteiger partial charge in [-0.2, -0.15) is 0 Å². The van der Waals surface area contributed by atoms with Gasteiger partial charge < -0.3 is 34.3 Å². The van der Waals surface area contributed by atoms with Gasteiger partial charge in [0.2, 0.25) is 0 Å². The van der Waals surface area contributed by atoms with Crippen molar-refractivity contribution in [1.29, 1.82) is 0 Å². The second-order valence-corrected chi connectivity index (χ2v) is 9.78. The van der Waals surface area contributed by atoms with Crippen molar-refractivity contribution in [3.05, 3.63) is 59.2 Å². The summed E-state index contributed by atoms with van der Waals surface area (Å²) < 4.78 is 41.6. The molecular weight excluding hydrogens is 516 g/mol. The van der Waals surface area contributed by atoms with Crippen molar-refractivity contribution in [1.82, 2.24) is 14.9 Å². The molecule has 0 bridgehead atoms. The molecule has 5 unspecified atom stereocenters. The molecule has 12 heteroatoms. The number of ether oxygens (including phenoxy) is 2. The van der Waals surface area contributed by atoms with Gasteiger partial charge in [-0.3, -0.25) is 14.9 Å². The van der Waals surface area contributed by atoms with Gasteiger partial charge in [0.15, 0.2) is 6.23 Å². The number of nitrogens with one attached hydrogen (secondary N) is 2. The van der Waals surface area contributed by atoms with E-state index in [1.54, 1.807) is 0 Å². The van der Waals surface area contributed by atoms with Gasteiger partial charge in [-0.25, -0.2) is 8.78 Å². The van der Waals surface area contributed by atoms with Crippen LogP contribution in [0, 0.1) is 11.6 Å². The fourth-order valence-corrected chi connectivity index (χ4v) is 6.16. The fraction of sp³-hybridized carbons (Fsp3) is 0.259. The van der Waals surface area contributed by atoms with Gasteiger partial charge in [-0.1, -0.05) is 0 Å². The van der Waals surface area contributed by atoms with Gasteiger partial charge >= 0.3 is 0 Å². The highest BCUT2D eigenvalue weighted by molar-refractivity contribution is 6.39. The van der Waals surface area contributed by atoms with E-state index >= 15 is 0 Å². The number of halogens is 2. The molecular formula is C27H21F2N3O7. The lowest BCUT2D eigenvalue weighted by atomic mass is 9.96. The third-order valence-electron chi connectivity index (χ3n) is 7.76. The van der Waals surface area contributed by atoms with Crippen molar-refractivity contribution in [3.63, 3.8) is 0 Å². The molecule has 1 saturated heterocycles. The Bertz CT molecular complexity index is 1880. The molecule has 7 rings (SSSR count). The maximum Gasteiger partial charge on any atom is 0.259 e. The van der Waals surface area contributed by atoms with E-state index in [9.17, 15) is 33.7 Å². The molecule has 3 aromatic carbocycles. The molecule has 5 aromatic rings. The number of nitrogens with zero attached hydrogens (tertiary/aromatic N) is 1. The van der Waals surface area contributed by atoms with Crippen LogP contribution in [0.3, 0.4) is 0 Å². The van der Waals surface area contributed by atoms with E-state index in [0.717, 1.165) is 0 Å². The van der Waals surface area contributed by atoms with E-state index in [2.05, 4.69) is 10.3 Å². The molecule has 10 nitrogen and oxygen atoms in total. The minimum absolute atomic E-state index is 0.0439. The minimum Gasteiger partial charge on any atom is -0.394 e. The zero-order chi connectivity index (χ0) is 27.3. The Morgan fingerprint density at radius 3 is 2.33 bits per heavy atom. The first-order valence-corrected chi connectivity index (χ1v) is 12.2. The topological polar surface area (TPSA) is 146 Å². The highest BCUT2D eigenvalue weighted by Gasteiger charge is 2.47. The summed E-state index contributed by atoms with van der Waals surface area (Å²) in [6.07, 6.45) is -6.62. The van der Waals surface area contributed by atoms with Gasteiger partial charge in [0.05, 0.1) is 34.3 Å². The van der Waals surface area contributed by atoms with Crippen molar-refractivity contribution in [2.24, 2.45) is 0 Å². The van der Waals surface area contributed by atoms with Crippen molar-refractivity contribution in [2.45, 2.75) is 30.6 Å². The lowest BCUT2D eigenvalue weighted by molar-refractivity contribution is -0.255. The number of carbonyl (C=O) groups is 2. The van der Waals surface area contributed by atoms with Crippen molar-refractivity contribution >= 4 is 55.4 Å². The molecule has 2 amide bonds. The Labute approximate surface area is 217 Å². The molecule has 0 radical (unpaired) electrons. The number of H-pyrrole nitrogens is 1. The zero-order valence-electron chi connectivity index (χ0n) is 20.2. The number of aromatic amines is 1. The van der Waals surface area contributed by atoms with Crippen molar-refractivity contribution in [2.75, 3.05) is 13.7 Å². The molecule has 4 heterocycles. The number of hydrogen-bond acceptors (Lipinski definition) is 7. The van der Waals surface area contributed by atoms with E-state index in [0.29, 0.717) is 27.2 Å². The largest absolute Gasteiger partial charge is 0.394 e. The summed E-state index contributed by atoms with van der Waals surface area (Å²) >= 11 is 0. The summed E-state index contributed by atoms with van der Waals surface area (Å²) in [6.45, 7) is -0.558. The summed E-state index contributed by atoms with van der Waals surface area (Å²) in [5.41, 5.74) is 1.23. The molecule has 5 N–H and O–H groups in total. The van der Waals surface area contributed by atoms with E-state index in [4.69, 9.17) is 9.47 Å². The van der Waals surface area contributed by atoms with Crippen molar-refractivity contribution < 1.29 is 43.2 Å². The number of amides is 2. The summed E-state index contributed by atoms with van der Waals surface area (Å²) in [5.74, 6) is -2.46. The maximum absolute atomic E-state index is 14.7. The monoisotopic (exact) mass is 537 g/mol. The molecule has 0 saturated carbocycles. The lowest BCUT2D eigenvalue weighted by Crippen LogP contribution is -2.57. The summed E-state index contributed by atoms with van der Waals surface area (Å²) in [5, 5.41) is 35.8. The number of aromatic nitrogens is 2. The van der Waals surface area contributed by atoms with Crippen LogP contribution >= 0.6 is 0 Å². The molecule has 39 heavy (non-hydrogen) atoms. The smallest absolute Gasteiger partial charge is 0.259 e. The Hall–Kier alpha value is -3.94. The van der Waals surface area contributed by atoms with Gasteiger partial charge in [0.25, 0.3) is 11.8 Å². The molecule has 200 valence electrons. The van der Waals surface area contributed by atoms with Crippen LogP contribution in [-0.2, 0) is 9.47 Å². The minimum atomic E-state index is -1.61. The second-order valence-electron chi connectivity index (χ2n) is 9.78. The quantitative estimate of drug-likeness (QED) is 0.222. The number of hydrogen-bond donors (Lipinski definition) is 5. The number of benzene rings is 3. The SMILES string of the molecule is COC1C(CO)OC(n2c3cc(F)ccc3c3c4c(c5c6ccc(F)cc6[nH]c5c32)C(=O)NC4=O)C(O)C1O. The Balaban J connectivity index is 1.69. The van der Waals surface area contributed by atoms with Crippen LogP contribution in [0.2, 0.25) is 0 Å². The molecule has 2 aliphatic rings. The molecule has 0 spiro atoms. The van der Waals surface area contributed by atoms with Gasteiger partial charge in [0.1, 0.15) is 36.1 Å². The number of methoxy groups -OCH3 is 1. The first-order chi connectivity index (χ1) is 18.7. The van der Waals surface area contributed by atoms with Gasteiger partial charge in [0, 0.05) is 34.2 Å². The van der Waals surface area contributed by atoms with Gasteiger partial charge in [-0.05, 0) is 36.4 Å². The predicted molar refractivity (Wildman–Crippen MR) is 134 cm³/mol. The Kier molecular flexibility index (Phi) is 5.12. The third kappa shape index (κ3) is 3.11. The van der Waals surface area contributed by atoms with Crippen LogP contribution in [0.1, 0.15) is 26.9 Å². The number of aliphatic hydroxyl groups excluding tert-OH is 3. The summed E-state index contributed by atoms with van der Waals surface area (Å²) in [6, 6.07) is 7.79.